The van der Waals surface area contributed by atoms with Gasteiger partial charge < -0.3 is 35.4 Å². The molecule has 8 heteroatoms. The van der Waals surface area contributed by atoms with Crippen molar-refractivity contribution in [1.82, 2.24) is 10.6 Å². The molecule has 1 aliphatic heterocycles. The lowest BCUT2D eigenvalue weighted by Crippen LogP contribution is -2.53. The average molecular weight is 348 g/mol. The van der Waals surface area contributed by atoms with Gasteiger partial charge in [-0.2, -0.15) is 0 Å². The predicted molar refractivity (Wildman–Crippen MR) is 88.6 cm³/mol. The van der Waals surface area contributed by atoms with Crippen molar-refractivity contribution < 1.29 is 29.6 Å². The van der Waals surface area contributed by atoms with E-state index in [4.69, 9.17) is 9.47 Å². The second-order valence-corrected chi connectivity index (χ2v) is 7.36. The molecule has 0 saturated carbocycles. The second kappa shape index (κ2) is 9.53. The Morgan fingerprint density at radius 2 is 2.00 bits per heavy atom. The summed E-state index contributed by atoms with van der Waals surface area (Å²) >= 11 is 0. The number of amides is 1. The van der Waals surface area contributed by atoms with E-state index < -0.39 is 36.1 Å². The van der Waals surface area contributed by atoms with Gasteiger partial charge in [0, 0.05) is 25.6 Å². The first-order valence-electron chi connectivity index (χ1n) is 8.43. The third-order valence-electron chi connectivity index (χ3n) is 3.76. The topological polar surface area (TPSA) is 120 Å². The zero-order chi connectivity index (χ0) is 18.3. The third-order valence-corrected chi connectivity index (χ3v) is 3.76. The van der Waals surface area contributed by atoms with Gasteiger partial charge in [0.05, 0.1) is 24.9 Å². The van der Waals surface area contributed by atoms with Gasteiger partial charge >= 0.3 is 6.09 Å². The molecule has 5 unspecified atom stereocenters. The summed E-state index contributed by atoms with van der Waals surface area (Å²) < 4.78 is 10.6. The first kappa shape index (κ1) is 21.1. The molecule has 0 spiro atoms. The summed E-state index contributed by atoms with van der Waals surface area (Å²) in [5.74, 6) is -0.0965. The summed E-state index contributed by atoms with van der Waals surface area (Å²) in [5.41, 5.74) is -0.548. The minimum absolute atomic E-state index is 0.0965. The van der Waals surface area contributed by atoms with Gasteiger partial charge in [-0.15, -0.1) is 0 Å². The normalized spacial score (nSPS) is 29.1. The van der Waals surface area contributed by atoms with E-state index in [0.29, 0.717) is 32.7 Å². The minimum atomic E-state index is -0.938. The van der Waals surface area contributed by atoms with Gasteiger partial charge in [0.15, 0.2) is 0 Å². The maximum atomic E-state index is 11.5. The van der Waals surface area contributed by atoms with E-state index in [1.54, 1.807) is 20.8 Å². The fourth-order valence-corrected chi connectivity index (χ4v) is 2.36. The van der Waals surface area contributed by atoms with E-state index in [9.17, 15) is 20.1 Å². The Morgan fingerprint density at radius 1 is 1.33 bits per heavy atom. The number of carbonyl (C=O) groups excluding carboxylic acids is 1. The van der Waals surface area contributed by atoms with E-state index in [1.165, 1.54) is 0 Å². The highest BCUT2D eigenvalue weighted by Gasteiger charge is 2.35. The largest absolute Gasteiger partial charge is 0.444 e. The lowest BCUT2D eigenvalue weighted by atomic mass is 9.94. The quantitative estimate of drug-likeness (QED) is 0.425. The van der Waals surface area contributed by atoms with Crippen molar-refractivity contribution >= 4 is 6.09 Å². The van der Waals surface area contributed by atoms with E-state index in [1.807, 2.05) is 6.92 Å². The van der Waals surface area contributed by atoms with Crippen molar-refractivity contribution in [2.45, 2.75) is 64.1 Å². The molecule has 8 nitrogen and oxygen atoms in total. The van der Waals surface area contributed by atoms with Gasteiger partial charge in [-0.1, -0.05) is 6.92 Å². The van der Waals surface area contributed by atoms with Crippen LogP contribution in [0, 0.1) is 5.92 Å². The number of aliphatic hydroxyl groups is 3. The van der Waals surface area contributed by atoms with Crippen LogP contribution in [0.4, 0.5) is 4.79 Å². The van der Waals surface area contributed by atoms with Crippen LogP contribution in [0.2, 0.25) is 0 Å². The van der Waals surface area contributed by atoms with Crippen LogP contribution in [0.3, 0.4) is 0 Å². The van der Waals surface area contributed by atoms with E-state index in [2.05, 4.69) is 10.6 Å². The zero-order valence-electron chi connectivity index (χ0n) is 15.0. The molecular formula is C16H32N2O6. The van der Waals surface area contributed by atoms with Gasteiger partial charge in [-0.25, -0.2) is 4.79 Å². The molecule has 0 aromatic rings. The molecule has 0 aromatic heterocycles. The molecule has 0 aromatic carbocycles. The van der Waals surface area contributed by atoms with Crippen LogP contribution < -0.4 is 10.6 Å². The Kier molecular flexibility index (Phi) is 8.38. The van der Waals surface area contributed by atoms with Crippen LogP contribution in [0.25, 0.3) is 0 Å². The molecule has 0 bridgehead atoms. The molecule has 5 atom stereocenters. The van der Waals surface area contributed by atoms with Crippen molar-refractivity contribution in [2.75, 3.05) is 26.2 Å². The van der Waals surface area contributed by atoms with Crippen LogP contribution in [-0.4, -0.2) is 77.7 Å². The number of hydrogen-bond acceptors (Lipinski definition) is 7. The Labute approximate surface area is 143 Å². The van der Waals surface area contributed by atoms with Crippen LogP contribution in [0.5, 0.6) is 0 Å². The highest BCUT2D eigenvalue weighted by atomic mass is 16.6. The fourth-order valence-electron chi connectivity index (χ4n) is 2.36. The van der Waals surface area contributed by atoms with E-state index >= 15 is 0 Å². The van der Waals surface area contributed by atoms with Gasteiger partial charge in [-0.3, -0.25) is 0 Å². The summed E-state index contributed by atoms with van der Waals surface area (Å²) in [7, 11) is 0. The molecule has 142 valence electrons. The van der Waals surface area contributed by atoms with Gasteiger partial charge in [0.2, 0.25) is 0 Å². The number of nitrogens with one attached hydrogen (secondary N) is 2. The average Bonchev–Trinajstić information content (AvgIpc) is 2.45. The number of hydrogen-bond donors (Lipinski definition) is 5. The molecule has 1 fully saturated rings. The molecule has 0 aliphatic carbocycles. The van der Waals surface area contributed by atoms with E-state index in [0.717, 1.165) is 0 Å². The summed E-state index contributed by atoms with van der Waals surface area (Å²) in [6, 6.07) is 0. The van der Waals surface area contributed by atoms with E-state index in [-0.39, 0.29) is 5.92 Å². The molecule has 1 heterocycles. The number of carbonyl (C=O) groups is 1. The summed E-state index contributed by atoms with van der Waals surface area (Å²) in [5, 5.41) is 35.2. The highest BCUT2D eigenvalue weighted by molar-refractivity contribution is 5.67. The van der Waals surface area contributed by atoms with Crippen molar-refractivity contribution in [3.63, 3.8) is 0 Å². The smallest absolute Gasteiger partial charge is 0.407 e. The number of rotatable bonds is 7. The maximum absolute atomic E-state index is 11.5. The van der Waals surface area contributed by atoms with Crippen molar-refractivity contribution in [3.8, 4) is 0 Å². The third kappa shape index (κ3) is 7.76. The molecule has 1 amide bonds. The second-order valence-electron chi connectivity index (χ2n) is 7.36. The standard InChI is InChI=1S/C16H32N2O6/c1-10-9-23-12(14(21)13(10)20)8-17-7-11(19)5-6-18-15(22)24-16(2,3)4/h10-14,17,19-21H,5-9H2,1-4H3,(H,18,22). The van der Waals surface area contributed by atoms with Gasteiger partial charge in [0.1, 0.15) is 11.7 Å². The van der Waals surface area contributed by atoms with Crippen molar-refractivity contribution in [2.24, 2.45) is 5.92 Å². The minimum Gasteiger partial charge on any atom is -0.444 e. The summed E-state index contributed by atoms with van der Waals surface area (Å²) in [6.45, 7) is 8.50. The Morgan fingerprint density at radius 3 is 2.62 bits per heavy atom. The fraction of sp³-hybridized carbons (Fsp3) is 0.938. The molecule has 0 radical (unpaired) electrons. The van der Waals surface area contributed by atoms with Crippen molar-refractivity contribution in [3.05, 3.63) is 0 Å². The first-order chi connectivity index (χ1) is 11.1. The highest BCUT2D eigenvalue weighted by Crippen LogP contribution is 2.19. The molecular weight excluding hydrogens is 316 g/mol. The Balaban J connectivity index is 2.14. The molecule has 1 rings (SSSR count). The maximum Gasteiger partial charge on any atom is 0.407 e. The van der Waals surface area contributed by atoms with Gasteiger partial charge in [-0.05, 0) is 27.2 Å². The molecule has 5 N–H and O–H groups in total. The van der Waals surface area contributed by atoms with Crippen LogP contribution >= 0.6 is 0 Å². The lowest BCUT2D eigenvalue weighted by molar-refractivity contribution is -0.158. The Bertz CT molecular complexity index is 387. The molecule has 24 heavy (non-hydrogen) atoms. The lowest BCUT2D eigenvalue weighted by Gasteiger charge is -2.36. The van der Waals surface area contributed by atoms with Crippen LogP contribution in [0.15, 0.2) is 0 Å². The SMILES string of the molecule is CC1COC(CNCC(O)CCNC(=O)OC(C)(C)C)C(O)C1O. The first-order valence-corrected chi connectivity index (χ1v) is 8.43. The zero-order valence-corrected chi connectivity index (χ0v) is 15.0. The van der Waals surface area contributed by atoms with Gasteiger partial charge in [0.25, 0.3) is 0 Å². The number of ether oxygens (including phenoxy) is 2. The molecule has 1 saturated heterocycles. The predicted octanol–water partition coefficient (Wildman–Crippen LogP) is -0.392. The Hall–Kier alpha value is -0.930. The number of alkyl carbamates (subject to hydrolysis) is 1. The summed E-state index contributed by atoms with van der Waals surface area (Å²) in [6.07, 6.45) is -3.02. The van der Waals surface area contributed by atoms with Crippen LogP contribution in [-0.2, 0) is 9.47 Å². The molecule has 1 aliphatic rings. The number of aliphatic hydroxyl groups excluding tert-OH is 3. The monoisotopic (exact) mass is 348 g/mol. The summed E-state index contributed by atoms with van der Waals surface area (Å²) in [4.78, 5) is 11.5. The van der Waals surface area contributed by atoms with Crippen molar-refractivity contribution in [1.29, 1.82) is 0 Å². The van der Waals surface area contributed by atoms with Crippen LogP contribution in [0.1, 0.15) is 34.1 Å².